The van der Waals surface area contributed by atoms with Gasteiger partial charge in [-0.2, -0.15) is 0 Å². The Morgan fingerprint density at radius 1 is 1.38 bits per heavy atom. The minimum Gasteiger partial charge on any atom is -0.494 e. The molecule has 3 heterocycles. The van der Waals surface area contributed by atoms with Gasteiger partial charge in [0.2, 0.25) is 11.0 Å². The van der Waals surface area contributed by atoms with Gasteiger partial charge >= 0.3 is 0 Å². The van der Waals surface area contributed by atoms with E-state index in [1.54, 1.807) is 11.3 Å². The molecule has 0 saturated heterocycles. The fourth-order valence-electron chi connectivity index (χ4n) is 1.58. The smallest absolute Gasteiger partial charge is 0.264 e. The summed E-state index contributed by atoms with van der Waals surface area (Å²) in [5.41, 5.74) is 0.347. The van der Waals surface area contributed by atoms with Crippen LogP contribution in [0, 0.1) is 4.77 Å². The van der Waals surface area contributed by atoms with Crippen molar-refractivity contribution in [1.29, 1.82) is 0 Å². The number of aromatic amines is 2. The number of nitrogens with one attached hydrogen (secondary N) is 2. The van der Waals surface area contributed by atoms with Crippen LogP contribution < -0.4 is 5.56 Å². The number of hydrogen-bond acceptors (Lipinski definition) is 7. The van der Waals surface area contributed by atoms with Crippen LogP contribution in [0.5, 0.6) is 5.88 Å². The van der Waals surface area contributed by atoms with Crippen LogP contribution in [-0.2, 0) is 0 Å². The van der Waals surface area contributed by atoms with Crippen LogP contribution >= 0.6 is 34.9 Å². The summed E-state index contributed by atoms with van der Waals surface area (Å²) in [6, 6.07) is 3.92. The van der Waals surface area contributed by atoms with Gasteiger partial charge in [0.25, 0.3) is 5.56 Å². The van der Waals surface area contributed by atoms with Gasteiger partial charge in [0.05, 0.1) is 10.6 Å². The number of thiazole rings is 1. The highest BCUT2D eigenvalue weighted by molar-refractivity contribution is 7.71. The molecule has 0 aliphatic rings. The molecule has 0 amide bonds. The zero-order chi connectivity index (χ0) is 14.8. The molecule has 21 heavy (non-hydrogen) atoms. The van der Waals surface area contributed by atoms with Gasteiger partial charge in [-0.3, -0.25) is 9.78 Å². The summed E-state index contributed by atoms with van der Waals surface area (Å²) in [7, 11) is 0. The lowest BCUT2D eigenvalue weighted by Gasteiger charge is -1.96. The molecule has 3 rings (SSSR count). The number of H-pyrrole nitrogens is 2. The molecule has 6 nitrogen and oxygen atoms in total. The topological polar surface area (TPSA) is 94.1 Å². The highest BCUT2D eigenvalue weighted by Crippen LogP contribution is 2.29. The quantitative estimate of drug-likeness (QED) is 0.506. The standard InChI is InChI=1S/C12H8N4O2S3/c17-9-6(10(18)16-11(19)15-9)4-13-12-14-7(5-21-12)8-2-1-3-20-8/h1-5H,(H3,15,16,17,18,19)/b13-4+. The molecule has 0 fully saturated rings. The molecule has 9 heteroatoms. The Morgan fingerprint density at radius 3 is 2.95 bits per heavy atom. The lowest BCUT2D eigenvalue weighted by Crippen LogP contribution is -2.13. The minimum atomic E-state index is -0.505. The molecule has 0 unspecified atom stereocenters. The van der Waals surface area contributed by atoms with Crippen molar-refractivity contribution in [3.05, 3.63) is 43.6 Å². The van der Waals surface area contributed by atoms with Crippen LogP contribution in [0.3, 0.4) is 0 Å². The molecule has 0 radical (unpaired) electrons. The van der Waals surface area contributed by atoms with Crippen molar-refractivity contribution < 1.29 is 5.11 Å². The number of hydrogen-bond donors (Lipinski definition) is 3. The van der Waals surface area contributed by atoms with E-state index in [0.29, 0.717) is 5.13 Å². The normalized spacial score (nSPS) is 11.2. The number of thiophene rings is 1. The van der Waals surface area contributed by atoms with Crippen LogP contribution in [0.15, 0.2) is 32.7 Å². The van der Waals surface area contributed by atoms with E-state index in [2.05, 4.69) is 19.9 Å². The van der Waals surface area contributed by atoms with E-state index in [0.717, 1.165) is 10.6 Å². The van der Waals surface area contributed by atoms with Gasteiger partial charge in [-0.25, -0.2) is 9.98 Å². The van der Waals surface area contributed by atoms with Gasteiger partial charge in [-0.05, 0) is 23.7 Å². The Kier molecular flexibility index (Phi) is 3.78. The number of aromatic hydroxyl groups is 1. The molecular weight excluding hydrogens is 328 g/mol. The second-order valence-electron chi connectivity index (χ2n) is 3.92. The maximum Gasteiger partial charge on any atom is 0.264 e. The molecule has 106 valence electrons. The van der Waals surface area contributed by atoms with Crippen molar-refractivity contribution in [3.8, 4) is 16.5 Å². The highest BCUT2D eigenvalue weighted by atomic mass is 32.1. The molecule has 0 saturated carbocycles. The highest BCUT2D eigenvalue weighted by Gasteiger charge is 2.07. The number of rotatable bonds is 3. The summed E-state index contributed by atoms with van der Waals surface area (Å²) in [6.07, 6.45) is 1.26. The van der Waals surface area contributed by atoms with Crippen LogP contribution in [0.25, 0.3) is 10.6 Å². The largest absolute Gasteiger partial charge is 0.494 e. The first-order chi connectivity index (χ1) is 10.1. The summed E-state index contributed by atoms with van der Waals surface area (Å²) in [5.74, 6) is -0.317. The van der Waals surface area contributed by atoms with Crippen molar-refractivity contribution in [1.82, 2.24) is 15.0 Å². The molecule has 3 aromatic rings. The number of aromatic nitrogens is 3. The Morgan fingerprint density at radius 2 is 2.24 bits per heavy atom. The van der Waals surface area contributed by atoms with E-state index in [-0.39, 0.29) is 16.2 Å². The summed E-state index contributed by atoms with van der Waals surface area (Å²) in [5, 5.41) is 14.0. The second kappa shape index (κ2) is 5.72. The van der Waals surface area contributed by atoms with E-state index in [9.17, 15) is 9.90 Å². The van der Waals surface area contributed by atoms with Crippen molar-refractivity contribution in [2.24, 2.45) is 4.99 Å². The van der Waals surface area contributed by atoms with Gasteiger partial charge in [0, 0.05) is 11.6 Å². The van der Waals surface area contributed by atoms with E-state index in [1.807, 2.05) is 22.9 Å². The Hall–Kier alpha value is -2.10. The van der Waals surface area contributed by atoms with Gasteiger partial charge in [-0.15, -0.1) is 22.7 Å². The minimum absolute atomic E-state index is 0.0106. The van der Waals surface area contributed by atoms with Gasteiger partial charge in [0.1, 0.15) is 5.56 Å². The first-order valence-electron chi connectivity index (χ1n) is 5.72. The summed E-state index contributed by atoms with van der Waals surface area (Å²) >= 11 is 7.69. The Bertz CT molecular complexity index is 905. The van der Waals surface area contributed by atoms with Crippen molar-refractivity contribution in [2.45, 2.75) is 0 Å². The van der Waals surface area contributed by atoms with E-state index in [4.69, 9.17) is 12.2 Å². The van der Waals surface area contributed by atoms with Crippen molar-refractivity contribution in [3.63, 3.8) is 0 Å². The van der Waals surface area contributed by atoms with Crippen LogP contribution in [0.4, 0.5) is 5.13 Å². The van der Waals surface area contributed by atoms with E-state index < -0.39 is 5.56 Å². The lowest BCUT2D eigenvalue weighted by molar-refractivity contribution is 0.449. The third-order valence-electron chi connectivity index (χ3n) is 2.53. The fraction of sp³-hybridized carbons (Fsp3) is 0. The van der Waals surface area contributed by atoms with Gasteiger partial charge < -0.3 is 10.1 Å². The van der Waals surface area contributed by atoms with Gasteiger partial charge in [-0.1, -0.05) is 6.07 Å². The Balaban J connectivity index is 1.91. The van der Waals surface area contributed by atoms with Crippen molar-refractivity contribution in [2.75, 3.05) is 0 Å². The molecule has 0 spiro atoms. The summed E-state index contributed by atoms with van der Waals surface area (Å²) < 4.78 is 0.0591. The first kappa shape index (κ1) is 13.9. The predicted molar refractivity (Wildman–Crippen MR) is 86.6 cm³/mol. The maximum absolute atomic E-state index is 11.7. The third-order valence-corrected chi connectivity index (χ3v) is 4.37. The average molecular weight is 336 g/mol. The first-order valence-corrected chi connectivity index (χ1v) is 7.89. The molecule has 0 atom stereocenters. The third kappa shape index (κ3) is 2.99. The molecule has 3 aromatic heterocycles. The van der Waals surface area contributed by atoms with Crippen LogP contribution in [0.1, 0.15) is 5.56 Å². The monoisotopic (exact) mass is 336 g/mol. The molecule has 0 aliphatic carbocycles. The van der Waals surface area contributed by atoms with Crippen LogP contribution in [-0.4, -0.2) is 26.3 Å². The zero-order valence-electron chi connectivity index (χ0n) is 10.4. The van der Waals surface area contributed by atoms with Crippen LogP contribution in [0.2, 0.25) is 0 Å². The van der Waals surface area contributed by atoms with E-state index >= 15 is 0 Å². The summed E-state index contributed by atoms with van der Waals surface area (Å²) in [4.78, 5) is 26.0. The zero-order valence-corrected chi connectivity index (χ0v) is 12.8. The summed E-state index contributed by atoms with van der Waals surface area (Å²) in [6.45, 7) is 0. The number of nitrogens with zero attached hydrogens (tertiary/aromatic N) is 2. The molecule has 0 aromatic carbocycles. The molecule has 3 N–H and O–H groups in total. The Labute approximate surface area is 131 Å². The molecular formula is C12H8N4O2S3. The number of aliphatic imine (C=N–C) groups is 1. The lowest BCUT2D eigenvalue weighted by atomic mass is 10.3. The average Bonchev–Trinajstić information content (AvgIpc) is 3.08. The molecule has 0 aliphatic heterocycles. The fourth-order valence-corrected chi connectivity index (χ4v) is 3.20. The predicted octanol–water partition coefficient (Wildman–Crippen LogP) is 3.07. The maximum atomic E-state index is 11.7. The molecule has 0 bridgehead atoms. The van der Waals surface area contributed by atoms with E-state index in [1.165, 1.54) is 17.6 Å². The van der Waals surface area contributed by atoms with Crippen molar-refractivity contribution >= 4 is 46.2 Å². The second-order valence-corrected chi connectivity index (χ2v) is 6.11. The van der Waals surface area contributed by atoms with Gasteiger partial charge in [0.15, 0.2) is 4.77 Å². The SMILES string of the molecule is O=c1[nH]c(=S)[nH]c(O)c1/C=N/c1nc(-c2cccs2)cs1.